The van der Waals surface area contributed by atoms with Crippen LogP contribution in [0, 0.1) is 19.8 Å². The third-order valence-corrected chi connectivity index (χ3v) is 3.00. The normalized spacial score (nSPS) is 10.7. The minimum Gasteiger partial charge on any atom is -0.496 e. The molecule has 1 aromatic rings. The molecule has 0 aliphatic rings. The molecule has 0 saturated carbocycles. The van der Waals surface area contributed by atoms with Gasteiger partial charge in [-0.3, -0.25) is 9.78 Å². The predicted molar refractivity (Wildman–Crippen MR) is 68.4 cm³/mol. The van der Waals surface area contributed by atoms with Gasteiger partial charge in [0.1, 0.15) is 11.5 Å². The Hall–Kier alpha value is -1.38. The Balaban J connectivity index is 2.82. The molecule has 1 heterocycles. The van der Waals surface area contributed by atoms with Crippen LogP contribution in [0.3, 0.4) is 0 Å². The molecule has 0 atom stereocenters. The van der Waals surface area contributed by atoms with Crippen molar-refractivity contribution in [2.45, 2.75) is 40.5 Å². The molecule has 17 heavy (non-hydrogen) atoms. The van der Waals surface area contributed by atoms with Crippen molar-refractivity contribution >= 4 is 5.78 Å². The first-order chi connectivity index (χ1) is 7.97. The van der Waals surface area contributed by atoms with E-state index in [1.54, 1.807) is 13.3 Å². The van der Waals surface area contributed by atoms with Crippen molar-refractivity contribution in [1.82, 2.24) is 4.98 Å². The molecule has 0 spiro atoms. The number of aryl methyl sites for hydroxylation is 2. The van der Waals surface area contributed by atoms with Crippen LogP contribution in [0.4, 0.5) is 0 Å². The Bertz CT molecular complexity index is 411. The van der Waals surface area contributed by atoms with E-state index >= 15 is 0 Å². The second-order valence-electron chi connectivity index (χ2n) is 4.67. The van der Waals surface area contributed by atoms with Gasteiger partial charge in [0.25, 0.3) is 0 Å². The molecule has 94 valence electrons. The van der Waals surface area contributed by atoms with Crippen LogP contribution in [-0.4, -0.2) is 17.9 Å². The van der Waals surface area contributed by atoms with Crippen LogP contribution in [0.5, 0.6) is 5.75 Å². The topological polar surface area (TPSA) is 39.2 Å². The molecule has 3 heteroatoms. The lowest BCUT2D eigenvalue weighted by Crippen LogP contribution is -2.09. The van der Waals surface area contributed by atoms with E-state index in [1.165, 1.54) is 0 Å². The molecular weight excluding hydrogens is 214 g/mol. The zero-order chi connectivity index (χ0) is 13.0. The fourth-order valence-corrected chi connectivity index (χ4v) is 1.85. The van der Waals surface area contributed by atoms with Gasteiger partial charge in [-0.05, 0) is 20.3 Å². The molecule has 0 saturated heterocycles. The monoisotopic (exact) mass is 235 g/mol. The summed E-state index contributed by atoms with van der Waals surface area (Å²) in [4.78, 5) is 16.0. The van der Waals surface area contributed by atoms with Gasteiger partial charge >= 0.3 is 0 Å². The van der Waals surface area contributed by atoms with E-state index in [2.05, 4.69) is 4.98 Å². The molecule has 0 aliphatic carbocycles. The maximum Gasteiger partial charge on any atom is 0.135 e. The number of carbonyl (C=O) groups is 1. The lowest BCUT2D eigenvalue weighted by atomic mass is 10.0. The Kier molecular flexibility index (Phi) is 4.67. The fraction of sp³-hybridized carbons (Fsp3) is 0.571. The highest BCUT2D eigenvalue weighted by molar-refractivity contribution is 5.80. The summed E-state index contributed by atoms with van der Waals surface area (Å²) in [6, 6.07) is 0. The van der Waals surface area contributed by atoms with E-state index in [0.717, 1.165) is 22.6 Å². The van der Waals surface area contributed by atoms with Crippen LogP contribution in [0.25, 0.3) is 0 Å². The van der Waals surface area contributed by atoms with Crippen molar-refractivity contribution in [3.05, 3.63) is 23.0 Å². The Morgan fingerprint density at radius 3 is 2.59 bits per heavy atom. The molecule has 0 amide bonds. The number of hydrogen-bond donors (Lipinski definition) is 0. The van der Waals surface area contributed by atoms with Gasteiger partial charge in [0.05, 0.1) is 7.11 Å². The number of aromatic nitrogens is 1. The van der Waals surface area contributed by atoms with Gasteiger partial charge in [0.2, 0.25) is 0 Å². The van der Waals surface area contributed by atoms with Crippen LogP contribution in [-0.2, 0) is 11.2 Å². The lowest BCUT2D eigenvalue weighted by Gasteiger charge is -2.12. The summed E-state index contributed by atoms with van der Waals surface area (Å²) >= 11 is 0. The van der Waals surface area contributed by atoms with Gasteiger partial charge in [0, 0.05) is 35.4 Å². The highest BCUT2D eigenvalue weighted by Gasteiger charge is 2.12. The molecular formula is C14H21NO2. The third-order valence-electron chi connectivity index (χ3n) is 3.00. The number of pyridine rings is 1. The van der Waals surface area contributed by atoms with Crippen LogP contribution in [0.15, 0.2) is 6.20 Å². The molecule has 0 N–H and O–H groups in total. The molecule has 1 rings (SSSR count). The number of hydrogen-bond acceptors (Lipinski definition) is 3. The lowest BCUT2D eigenvalue weighted by molar-refractivity contribution is -0.121. The van der Waals surface area contributed by atoms with Crippen molar-refractivity contribution in [2.75, 3.05) is 7.11 Å². The predicted octanol–water partition coefficient (Wildman–Crippen LogP) is 2.86. The standard InChI is InChI=1S/C14H21NO2/c1-9(2)13(16)7-6-12-11(4)14(17-5)10(3)8-15-12/h8-9H,6-7H2,1-5H3. The van der Waals surface area contributed by atoms with Crippen molar-refractivity contribution in [3.63, 3.8) is 0 Å². The molecule has 0 aliphatic heterocycles. The number of ether oxygens (including phenoxy) is 1. The summed E-state index contributed by atoms with van der Waals surface area (Å²) in [7, 11) is 1.67. The zero-order valence-electron chi connectivity index (χ0n) is 11.3. The van der Waals surface area contributed by atoms with Crippen LogP contribution < -0.4 is 4.74 Å². The van der Waals surface area contributed by atoms with E-state index < -0.39 is 0 Å². The minimum absolute atomic E-state index is 0.0997. The molecule has 0 unspecified atom stereocenters. The molecule has 0 radical (unpaired) electrons. The van der Waals surface area contributed by atoms with E-state index in [4.69, 9.17) is 4.74 Å². The average Bonchev–Trinajstić information content (AvgIpc) is 2.28. The molecule has 1 aromatic heterocycles. The number of Topliss-reactive ketones (excluding diaryl/α,β-unsaturated/α-hetero) is 1. The van der Waals surface area contributed by atoms with Gasteiger partial charge in [-0.25, -0.2) is 0 Å². The van der Waals surface area contributed by atoms with Crippen molar-refractivity contribution in [1.29, 1.82) is 0 Å². The summed E-state index contributed by atoms with van der Waals surface area (Å²) in [6.45, 7) is 7.83. The molecule has 0 aromatic carbocycles. The van der Waals surface area contributed by atoms with Gasteiger partial charge in [-0.15, -0.1) is 0 Å². The Morgan fingerprint density at radius 1 is 1.41 bits per heavy atom. The number of methoxy groups -OCH3 is 1. The van der Waals surface area contributed by atoms with Crippen LogP contribution in [0.1, 0.15) is 37.1 Å². The number of ketones is 1. The number of rotatable bonds is 5. The first-order valence-corrected chi connectivity index (χ1v) is 5.99. The summed E-state index contributed by atoms with van der Waals surface area (Å²) in [5.74, 6) is 1.26. The van der Waals surface area contributed by atoms with E-state index in [0.29, 0.717) is 12.8 Å². The molecule has 0 fully saturated rings. The smallest absolute Gasteiger partial charge is 0.135 e. The van der Waals surface area contributed by atoms with Crippen molar-refractivity contribution in [3.8, 4) is 5.75 Å². The second-order valence-corrected chi connectivity index (χ2v) is 4.67. The summed E-state index contributed by atoms with van der Waals surface area (Å²) in [5.41, 5.74) is 3.04. The quantitative estimate of drug-likeness (QED) is 0.787. The average molecular weight is 235 g/mol. The number of carbonyl (C=O) groups excluding carboxylic acids is 1. The zero-order valence-corrected chi connectivity index (χ0v) is 11.3. The maximum absolute atomic E-state index is 11.6. The van der Waals surface area contributed by atoms with Gasteiger partial charge in [-0.2, -0.15) is 0 Å². The van der Waals surface area contributed by atoms with Gasteiger partial charge in [0.15, 0.2) is 0 Å². The highest BCUT2D eigenvalue weighted by atomic mass is 16.5. The van der Waals surface area contributed by atoms with Crippen molar-refractivity contribution in [2.24, 2.45) is 5.92 Å². The third kappa shape index (κ3) is 3.29. The van der Waals surface area contributed by atoms with Gasteiger partial charge in [-0.1, -0.05) is 13.8 Å². The van der Waals surface area contributed by atoms with Crippen molar-refractivity contribution < 1.29 is 9.53 Å². The second kappa shape index (κ2) is 5.80. The molecule has 3 nitrogen and oxygen atoms in total. The SMILES string of the molecule is COc1c(C)cnc(CCC(=O)C(C)C)c1C. The fourth-order valence-electron chi connectivity index (χ4n) is 1.85. The van der Waals surface area contributed by atoms with E-state index in [9.17, 15) is 4.79 Å². The highest BCUT2D eigenvalue weighted by Crippen LogP contribution is 2.24. The van der Waals surface area contributed by atoms with E-state index in [-0.39, 0.29) is 11.7 Å². The summed E-state index contributed by atoms with van der Waals surface area (Å²) in [5, 5.41) is 0. The Labute approximate surface area is 103 Å². The molecule has 0 bridgehead atoms. The summed E-state index contributed by atoms with van der Waals surface area (Å²) in [6.07, 6.45) is 3.05. The Morgan fingerprint density at radius 2 is 2.06 bits per heavy atom. The summed E-state index contributed by atoms with van der Waals surface area (Å²) < 4.78 is 5.35. The van der Waals surface area contributed by atoms with Gasteiger partial charge < -0.3 is 4.74 Å². The largest absolute Gasteiger partial charge is 0.496 e. The minimum atomic E-state index is 0.0997. The first-order valence-electron chi connectivity index (χ1n) is 5.99. The number of nitrogens with zero attached hydrogens (tertiary/aromatic N) is 1. The first kappa shape index (κ1) is 13.7. The van der Waals surface area contributed by atoms with E-state index in [1.807, 2.05) is 27.7 Å². The van der Waals surface area contributed by atoms with Crippen LogP contribution >= 0.6 is 0 Å². The van der Waals surface area contributed by atoms with Crippen LogP contribution in [0.2, 0.25) is 0 Å². The maximum atomic E-state index is 11.6.